The molecule has 1 unspecified atom stereocenters. The van der Waals surface area contributed by atoms with E-state index in [-0.39, 0.29) is 17.8 Å². The van der Waals surface area contributed by atoms with Gasteiger partial charge in [-0.25, -0.2) is 0 Å². The first-order valence-corrected chi connectivity index (χ1v) is 14.0. The van der Waals surface area contributed by atoms with Gasteiger partial charge in [-0.1, -0.05) is 33.6 Å². The summed E-state index contributed by atoms with van der Waals surface area (Å²) in [5.41, 5.74) is 0.0766. The van der Waals surface area contributed by atoms with Crippen LogP contribution in [0.3, 0.4) is 0 Å². The number of hydrogen-bond donors (Lipinski definition) is 3. The molecule has 4 fully saturated rings. The molecule has 10 atom stereocenters. The van der Waals surface area contributed by atoms with E-state index in [1.807, 2.05) is 13.8 Å². The SMILES string of the molecule is C[C@H](CCCC(C)(C)O)[C@H]1CC[C@H]2[C@@H]3CC[C@H]4C(CC(=O)O)[C@@H](O)CC[C@]4(C)[C@H]3CC[C@]12C. The summed E-state index contributed by atoms with van der Waals surface area (Å²) >= 11 is 0. The van der Waals surface area contributed by atoms with Crippen molar-refractivity contribution >= 4 is 5.97 Å². The molecule has 4 heteroatoms. The number of carbonyl (C=O) groups is 1. The number of rotatable bonds is 7. The Balaban J connectivity index is 1.48. The van der Waals surface area contributed by atoms with Crippen LogP contribution in [-0.2, 0) is 4.79 Å². The quantitative estimate of drug-likeness (QED) is 0.416. The van der Waals surface area contributed by atoms with Gasteiger partial charge in [-0.15, -0.1) is 0 Å². The third-order valence-corrected chi connectivity index (χ3v) is 11.6. The molecule has 3 N–H and O–H groups in total. The standard InChI is InChI=1S/C29H50O4/c1-18(7-6-14-27(2,3)33)21-10-11-22-19-8-9-23-20(17-26(31)32)25(30)13-16-29(23,5)24(19)12-15-28(21,22)4/h18-25,30,33H,6-17H2,1-5H3,(H,31,32)/t18-,19+,20?,21-,22+,23+,24+,25+,28-,29+/m1/s1. The molecule has 0 radical (unpaired) electrons. The first-order valence-electron chi connectivity index (χ1n) is 14.0. The second kappa shape index (κ2) is 9.12. The highest BCUT2D eigenvalue weighted by atomic mass is 16.4. The van der Waals surface area contributed by atoms with E-state index in [0.29, 0.717) is 17.3 Å². The van der Waals surface area contributed by atoms with Gasteiger partial charge >= 0.3 is 5.97 Å². The number of fused-ring (bicyclic) bond motifs is 5. The van der Waals surface area contributed by atoms with Gasteiger partial charge in [-0.2, -0.15) is 0 Å². The summed E-state index contributed by atoms with van der Waals surface area (Å²) in [5.74, 6) is 3.34. The average Bonchev–Trinajstić information content (AvgIpc) is 3.06. The molecule has 0 spiro atoms. The van der Waals surface area contributed by atoms with E-state index in [2.05, 4.69) is 20.8 Å². The Labute approximate surface area is 201 Å². The van der Waals surface area contributed by atoms with Crippen molar-refractivity contribution in [3.8, 4) is 0 Å². The molecule has 33 heavy (non-hydrogen) atoms. The maximum atomic E-state index is 11.6. The van der Waals surface area contributed by atoms with E-state index >= 15 is 0 Å². The Morgan fingerprint density at radius 3 is 2.27 bits per heavy atom. The van der Waals surface area contributed by atoms with Crippen LogP contribution in [0.15, 0.2) is 0 Å². The van der Waals surface area contributed by atoms with E-state index < -0.39 is 17.7 Å². The van der Waals surface area contributed by atoms with Gasteiger partial charge in [0, 0.05) is 0 Å². The van der Waals surface area contributed by atoms with E-state index in [4.69, 9.17) is 0 Å². The van der Waals surface area contributed by atoms with Crippen LogP contribution >= 0.6 is 0 Å². The third kappa shape index (κ3) is 4.65. The van der Waals surface area contributed by atoms with Crippen molar-refractivity contribution in [1.82, 2.24) is 0 Å². The summed E-state index contributed by atoms with van der Waals surface area (Å²) in [6.45, 7) is 11.4. The Hall–Kier alpha value is -0.610. The zero-order valence-corrected chi connectivity index (χ0v) is 21.9. The maximum Gasteiger partial charge on any atom is 0.303 e. The molecule has 4 nitrogen and oxygen atoms in total. The normalized spacial score (nSPS) is 46.2. The summed E-state index contributed by atoms with van der Waals surface area (Å²) in [6, 6.07) is 0. The molecule has 0 bridgehead atoms. The minimum Gasteiger partial charge on any atom is -0.481 e. The van der Waals surface area contributed by atoms with Gasteiger partial charge in [0.25, 0.3) is 0 Å². The predicted molar refractivity (Wildman–Crippen MR) is 132 cm³/mol. The lowest BCUT2D eigenvalue weighted by Crippen LogP contribution is -2.57. The van der Waals surface area contributed by atoms with Gasteiger partial charge in [-0.3, -0.25) is 4.79 Å². The van der Waals surface area contributed by atoms with E-state index in [0.717, 1.165) is 55.8 Å². The number of aliphatic carboxylic acids is 1. The fraction of sp³-hybridized carbons (Fsp3) is 0.966. The summed E-state index contributed by atoms with van der Waals surface area (Å²) < 4.78 is 0. The lowest BCUT2D eigenvalue weighted by atomic mass is 9.43. The zero-order chi connectivity index (χ0) is 24.2. The van der Waals surface area contributed by atoms with Gasteiger partial charge in [-0.05, 0) is 124 Å². The molecule has 0 amide bonds. The second-order valence-corrected chi connectivity index (χ2v) is 13.8. The van der Waals surface area contributed by atoms with Crippen molar-refractivity contribution in [2.45, 2.75) is 123 Å². The molecular formula is C29H50O4. The Bertz CT molecular complexity index is 713. The van der Waals surface area contributed by atoms with Gasteiger partial charge < -0.3 is 15.3 Å². The van der Waals surface area contributed by atoms with Crippen molar-refractivity contribution in [1.29, 1.82) is 0 Å². The fourth-order valence-corrected chi connectivity index (χ4v) is 10.0. The van der Waals surface area contributed by atoms with Crippen LogP contribution in [0.2, 0.25) is 0 Å². The van der Waals surface area contributed by atoms with Crippen LogP contribution in [0.5, 0.6) is 0 Å². The van der Waals surface area contributed by atoms with Crippen LogP contribution in [0.1, 0.15) is 112 Å². The number of aliphatic hydroxyl groups excluding tert-OH is 1. The highest BCUT2D eigenvalue weighted by Gasteiger charge is 2.62. The first kappa shape index (κ1) is 25.5. The summed E-state index contributed by atoms with van der Waals surface area (Å²) in [6.07, 6.45) is 12.4. The van der Waals surface area contributed by atoms with Gasteiger partial charge in [0.05, 0.1) is 18.1 Å². The molecule has 190 valence electrons. The van der Waals surface area contributed by atoms with Crippen molar-refractivity contribution < 1.29 is 20.1 Å². The molecule has 0 aromatic heterocycles. The Kier molecular flexibility index (Phi) is 7.04. The summed E-state index contributed by atoms with van der Waals surface area (Å²) in [7, 11) is 0. The van der Waals surface area contributed by atoms with Crippen LogP contribution < -0.4 is 0 Å². The molecule has 0 aromatic rings. The Morgan fingerprint density at radius 2 is 1.61 bits per heavy atom. The minimum atomic E-state index is -0.751. The molecule has 4 aliphatic rings. The number of aliphatic hydroxyl groups is 2. The highest BCUT2D eigenvalue weighted by molar-refractivity contribution is 5.67. The van der Waals surface area contributed by atoms with Crippen LogP contribution in [-0.4, -0.2) is 33.0 Å². The van der Waals surface area contributed by atoms with E-state index in [1.165, 1.54) is 38.5 Å². The molecule has 0 aliphatic heterocycles. The van der Waals surface area contributed by atoms with E-state index in [9.17, 15) is 20.1 Å². The topological polar surface area (TPSA) is 77.8 Å². The highest BCUT2D eigenvalue weighted by Crippen LogP contribution is 2.69. The van der Waals surface area contributed by atoms with Crippen molar-refractivity contribution in [3.63, 3.8) is 0 Å². The Morgan fingerprint density at radius 1 is 0.970 bits per heavy atom. The fourth-order valence-electron chi connectivity index (χ4n) is 10.0. The molecule has 0 heterocycles. The van der Waals surface area contributed by atoms with Gasteiger partial charge in [0.2, 0.25) is 0 Å². The molecule has 4 rings (SSSR count). The maximum absolute atomic E-state index is 11.6. The zero-order valence-electron chi connectivity index (χ0n) is 21.9. The molecule has 0 saturated heterocycles. The largest absolute Gasteiger partial charge is 0.481 e. The predicted octanol–water partition coefficient (Wildman–Crippen LogP) is 6.28. The number of carboxylic acids is 1. The summed E-state index contributed by atoms with van der Waals surface area (Å²) in [4.78, 5) is 11.6. The van der Waals surface area contributed by atoms with E-state index in [1.54, 1.807) is 0 Å². The number of hydrogen-bond acceptors (Lipinski definition) is 3. The van der Waals surface area contributed by atoms with Crippen LogP contribution in [0.25, 0.3) is 0 Å². The third-order valence-electron chi connectivity index (χ3n) is 11.6. The molecular weight excluding hydrogens is 412 g/mol. The van der Waals surface area contributed by atoms with Crippen molar-refractivity contribution in [2.24, 2.45) is 52.3 Å². The minimum absolute atomic E-state index is 0.0670. The van der Waals surface area contributed by atoms with Crippen molar-refractivity contribution in [3.05, 3.63) is 0 Å². The van der Waals surface area contributed by atoms with Crippen molar-refractivity contribution in [2.75, 3.05) is 0 Å². The van der Waals surface area contributed by atoms with Gasteiger partial charge in [0.1, 0.15) is 0 Å². The molecule has 0 aromatic carbocycles. The van der Waals surface area contributed by atoms with Crippen LogP contribution in [0, 0.1) is 52.3 Å². The smallest absolute Gasteiger partial charge is 0.303 e. The van der Waals surface area contributed by atoms with Gasteiger partial charge in [0.15, 0.2) is 0 Å². The molecule has 4 aliphatic carbocycles. The summed E-state index contributed by atoms with van der Waals surface area (Å²) in [5, 5.41) is 30.3. The second-order valence-electron chi connectivity index (χ2n) is 13.8. The average molecular weight is 463 g/mol. The first-order chi connectivity index (χ1) is 15.4. The lowest BCUT2D eigenvalue weighted by Gasteiger charge is -2.62. The lowest BCUT2D eigenvalue weighted by molar-refractivity contribution is -0.162. The monoisotopic (exact) mass is 462 g/mol. The number of carboxylic acid groups (broad SMARTS) is 1. The van der Waals surface area contributed by atoms with Crippen LogP contribution in [0.4, 0.5) is 0 Å². The molecule has 4 saturated carbocycles.